The Labute approximate surface area is 178 Å². The van der Waals surface area contributed by atoms with Crippen LogP contribution in [-0.2, 0) is 11.5 Å². The van der Waals surface area contributed by atoms with Gasteiger partial charge in [0.05, 0.1) is 14.2 Å². The lowest BCUT2D eigenvalue weighted by atomic mass is 10.2. The van der Waals surface area contributed by atoms with E-state index in [-0.39, 0.29) is 0 Å². The van der Waals surface area contributed by atoms with Crippen LogP contribution in [0.3, 0.4) is 0 Å². The second-order valence-electron chi connectivity index (χ2n) is 6.43. The molecule has 154 valence electrons. The number of nitrogens with zero attached hydrogens (tertiary/aromatic N) is 1. The maximum absolute atomic E-state index is 5.80. The molecule has 0 aliphatic rings. The number of rotatable bonds is 14. The molecule has 28 heavy (non-hydrogen) atoms. The molecule has 0 spiro atoms. The summed E-state index contributed by atoms with van der Waals surface area (Å²) in [5.74, 6) is 6.13. The molecule has 0 aromatic heterocycles. The Morgan fingerprint density at radius 2 is 1.14 bits per heavy atom. The van der Waals surface area contributed by atoms with Gasteiger partial charge in [-0.25, -0.2) is 0 Å². The van der Waals surface area contributed by atoms with Gasteiger partial charge in [-0.1, -0.05) is 24.3 Å². The van der Waals surface area contributed by atoms with E-state index in [1.807, 2.05) is 47.8 Å². The Bertz CT molecular complexity index is 595. The van der Waals surface area contributed by atoms with E-state index < -0.39 is 0 Å². The predicted octanol–water partition coefficient (Wildman–Crippen LogP) is 4.13. The third-order valence-corrected chi connectivity index (χ3v) is 6.42. The third-order valence-electron chi connectivity index (χ3n) is 4.40. The molecular weight excluding hydrogens is 388 g/mol. The topological polar surface area (TPSA) is 47.7 Å². The number of thioether (sulfide) groups is 2. The van der Waals surface area contributed by atoms with E-state index in [1.165, 1.54) is 11.1 Å². The average molecular weight is 421 g/mol. The summed E-state index contributed by atoms with van der Waals surface area (Å²) in [6, 6.07) is 16.7. The molecule has 2 rings (SSSR count). The van der Waals surface area contributed by atoms with Gasteiger partial charge in [0.15, 0.2) is 0 Å². The molecule has 0 heterocycles. The molecule has 0 saturated carbocycles. The van der Waals surface area contributed by atoms with Crippen LogP contribution in [0.15, 0.2) is 48.5 Å². The van der Waals surface area contributed by atoms with Crippen molar-refractivity contribution in [2.75, 3.05) is 51.9 Å². The second-order valence-corrected chi connectivity index (χ2v) is 8.64. The molecule has 0 unspecified atom stereocenters. The van der Waals surface area contributed by atoms with Crippen molar-refractivity contribution in [1.29, 1.82) is 0 Å². The second kappa shape index (κ2) is 13.8. The average Bonchev–Trinajstić information content (AvgIpc) is 2.75. The van der Waals surface area contributed by atoms with Crippen LogP contribution in [0, 0.1) is 0 Å². The first-order valence-corrected chi connectivity index (χ1v) is 11.9. The van der Waals surface area contributed by atoms with Crippen molar-refractivity contribution in [3.63, 3.8) is 0 Å². The molecule has 0 aliphatic carbocycles. The minimum Gasteiger partial charge on any atom is -0.497 e. The van der Waals surface area contributed by atoms with E-state index in [4.69, 9.17) is 15.2 Å². The van der Waals surface area contributed by atoms with E-state index in [1.54, 1.807) is 14.2 Å². The highest BCUT2D eigenvalue weighted by Crippen LogP contribution is 2.18. The first-order chi connectivity index (χ1) is 13.7. The predicted molar refractivity (Wildman–Crippen MR) is 124 cm³/mol. The lowest BCUT2D eigenvalue weighted by Crippen LogP contribution is -2.33. The fourth-order valence-electron chi connectivity index (χ4n) is 2.73. The Morgan fingerprint density at radius 1 is 0.714 bits per heavy atom. The number of ether oxygens (including phenoxy) is 2. The smallest absolute Gasteiger partial charge is 0.118 e. The maximum Gasteiger partial charge on any atom is 0.118 e. The van der Waals surface area contributed by atoms with Gasteiger partial charge in [-0.05, 0) is 35.4 Å². The summed E-state index contributed by atoms with van der Waals surface area (Å²) >= 11 is 3.94. The van der Waals surface area contributed by atoms with Gasteiger partial charge in [0, 0.05) is 49.2 Å². The number of hydrogen-bond donors (Lipinski definition) is 1. The van der Waals surface area contributed by atoms with Crippen LogP contribution < -0.4 is 15.2 Å². The molecule has 2 aromatic rings. The van der Waals surface area contributed by atoms with Crippen LogP contribution in [0.2, 0.25) is 0 Å². The normalized spacial score (nSPS) is 11.0. The van der Waals surface area contributed by atoms with Crippen molar-refractivity contribution in [2.45, 2.75) is 11.5 Å². The van der Waals surface area contributed by atoms with E-state index in [2.05, 4.69) is 29.2 Å². The van der Waals surface area contributed by atoms with Crippen LogP contribution >= 0.6 is 23.5 Å². The fourth-order valence-corrected chi connectivity index (χ4v) is 4.65. The Hall–Kier alpha value is -1.34. The van der Waals surface area contributed by atoms with E-state index >= 15 is 0 Å². The van der Waals surface area contributed by atoms with E-state index in [0.717, 1.165) is 54.1 Å². The summed E-state index contributed by atoms with van der Waals surface area (Å²) < 4.78 is 10.4. The standard InChI is InChI=1S/C22H32N2O2S2/c1-25-21-7-3-19(4-8-21)17-27-15-13-24(12-11-23)14-16-28-18-20-5-9-22(26-2)10-6-20/h3-10H,11-18,23H2,1-2H3. The lowest BCUT2D eigenvalue weighted by Gasteiger charge is -2.21. The van der Waals surface area contributed by atoms with Crippen molar-refractivity contribution >= 4 is 23.5 Å². The van der Waals surface area contributed by atoms with Crippen LogP contribution in [0.25, 0.3) is 0 Å². The molecule has 6 heteroatoms. The fraction of sp³-hybridized carbons (Fsp3) is 0.455. The molecular formula is C22H32N2O2S2. The SMILES string of the molecule is COc1ccc(CSCCN(CCN)CCSCc2ccc(OC)cc2)cc1. The van der Waals surface area contributed by atoms with Gasteiger partial charge >= 0.3 is 0 Å². The van der Waals surface area contributed by atoms with Crippen LogP contribution in [-0.4, -0.2) is 56.8 Å². The van der Waals surface area contributed by atoms with Crippen molar-refractivity contribution in [3.8, 4) is 11.5 Å². The van der Waals surface area contributed by atoms with E-state index in [9.17, 15) is 0 Å². The first kappa shape index (κ1) is 22.9. The Kier molecular flexibility index (Phi) is 11.3. The summed E-state index contributed by atoms with van der Waals surface area (Å²) in [5, 5.41) is 0. The van der Waals surface area contributed by atoms with Crippen LogP contribution in [0.4, 0.5) is 0 Å². The van der Waals surface area contributed by atoms with Gasteiger partial charge in [-0.2, -0.15) is 23.5 Å². The highest BCUT2D eigenvalue weighted by atomic mass is 32.2. The number of nitrogens with two attached hydrogens (primary N) is 1. The number of benzene rings is 2. The Morgan fingerprint density at radius 3 is 1.50 bits per heavy atom. The van der Waals surface area contributed by atoms with Gasteiger partial charge in [-0.15, -0.1) is 0 Å². The minimum absolute atomic E-state index is 0.715. The van der Waals surface area contributed by atoms with Crippen molar-refractivity contribution in [1.82, 2.24) is 4.90 Å². The summed E-state index contributed by atoms with van der Waals surface area (Å²) in [6.45, 7) is 3.85. The summed E-state index contributed by atoms with van der Waals surface area (Å²) in [4.78, 5) is 2.47. The van der Waals surface area contributed by atoms with Crippen molar-refractivity contribution in [2.24, 2.45) is 5.73 Å². The molecule has 2 N–H and O–H groups in total. The molecule has 0 radical (unpaired) electrons. The van der Waals surface area contributed by atoms with Gasteiger partial charge in [0.25, 0.3) is 0 Å². The largest absolute Gasteiger partial charge is 0.497 e. The van der Waals surface area contributed by atoms with Gasteiger partial charge in [0.2, 0.25) is 0 Å². The van der Waals surface area contributed by atoms with Crippen LogP contribution in [0.1, 0.15) is 11.1 Å². The molecule has 4 nitrogen and oxygen atoms in total. The highest BCUT2D eigenvalue weighted by molar-refractivity contribution is 7.98. The van der Waals surface area contributed by atoms with Crippen molar-refractivity contribution in [3.05, 3.63) is 59.7 Å². The summed E-state index contributed by atoms with van der Waals surface area (Å²) in [7, 11) is 3.40. The van der Waals surface area contributed by atoms with Crippen LogP contribution in [0.5, 0.6) is 11.5 Å². The zero-order valence-electron chi connectivity index (χ0n) is 16.9. The molecule has 0 aliphatic heterocycles. The van der Waals surface area contributed by atoms with Gasteiger partial charge in [0.1, 0.15) is 11.5 Å². The third kappa shape index (κ3) is 8.78. The highest BCUT2D eigenvalue weighted by Gasteiger charge is 2.05. The summed E-state index contributed by atoms with van der Waals surface area (Å²) in [6.07, 6.45) is 0. The van der Waals surface area contributed by atoms with E-state index in [0.29, 0.717) is 6.54 Å². The molecule has 0 atom stereocenters. The monoisotopic (exact) mass is 420 g/mol. The molecule has 2 aromatic carbocycles. The lowest BCUT2D eigenvalue weighted by molar-refractivity contribution is 0.318. The molecule has 0 amide bonds. The van der Waals surface area contributed by atoms with Gasteiger partial charge < -0.3 is 20.1 Å². The number of methoxy groups -OCH3 is 2. The number of hydrogen-bond acceptors (Lipinski definition) is 6. The minimum atomic E-state index is 0.715. The molecule has 0 bridgehead atoms. The quantitative estimate of drug-likeness (QED) is 0.464. The first-order valence-electron chi connectivity index (χ1n) is 9.59. The van der Waals surface area contributed by atoms with Gasteiger partial charge in [-0.3, -0.25) is 0 Å². The van der Waals surface area contributed by atoms with Crippen molar-refractivity contribution < 1.29 is 9.47 Å². The molecule has 0 saturated heterocycles. The zero-order valence-corrected chi connectivity index (χ0v) is 18.6. The summed E-state index contributed by atoms with van der Waals surface area (Å²) in [5.41, 5.74) is 8.47. The maximum atomic E-state index is 5.80. The Balaban J connectivity index is 1.61. The zero-order chi connectivity index (χ0) is 20.0. The molecule has 0 fully saturated rings.